The molecule has 0 bridgehead atoms. The third-order valence-corrected chi connectivity index (χ3v) is 2.78. The minimum absolute atomic E-state index is 0.00512. The fourth-order valence-corrected chi connectivity index (χ4v) is 1.72. The summed E-state index contributed by atoms with van der Waals surface area (Å²) < 4.78 is 10.5. The molecule has 1 heterocycles. The number of nitrogens with one attached hydrogen (secondary N) is 1. The molecule has 1 rings (SSSR count). The van der Waals surface area contributed by atoms with Gasteiger partial charge < -0.3 is 35.8 Å². The van der Waals surface area contributed by atoms with E-state index in [9.17, 15) is 15.0 Å². The zero-order valence-corrected chi connectivity index (χ0v) is 10.2. The third kappa shape index (κ3) is 3.61. The Labute approximate surface area is 105 Å². The lowest BCUT2D eigenvalue weighted by atomic mass is 10.0. The average Bonchev–Trinajstić information content (AvgIpc) is 2.38. The van der Waals surface area contributed by atoms with Crippen LogP contribution in [0.4, 0.5) is 0 Å². The molecule has 0 aromatic rings. The van der Waals surface area contributed by atoms with Crippen molar-refractivity contribution in [2.75, 3.05) is 20.2 Å². The van der Waals surface area contributed by atoms with Crippen LogP contribution >= 0.6 is 0 Å². The number of rotatable bonds is 5. The van der Waals surface area contributed by atoms with Crippen LogP contribution in [0.2, 0.25) is 0 Å². The van der Waals surface area contributed by atoms with Crippen molar-refractivity contribution in [2.24, 2.45) is 5.73 Å². The first-order chi connectivity index (χ1) is 8.53. The second-order valence-corrected chi connectivity index (χ2v) is 4.05. The molecule has 1 aliphatic rings. The Morgan fingerprint density at radius 1 is 1.61 bits per heavy atom. The smallest absolute Gasteiger partial charge is 0.250 e. The molecule has 8 heteroatoms. The molecule has 1 amide bonds. The quantitative estimate of drug-likeness (QED) is 0.355. The van der Waals surface area contributed by atoms with Crippen molar-refractivity contribution in [1.82, 2.24) is 5.32 Å². The van der Waals surface area contributed by atoms with Crippen molar-refractivity contribution in [1.29, 1.82) is 0 Å². The molecule has 1 saturated heterocycles. The summed E-state index contributed by atoms with van der Waals surface area (Å²) in [5.41, 5.74) is 5.39. The summed E-state index contributed by atoms with van der Waals surface area (Å²) in [6.45, 7) is -0.493. The first kappa shape index (κ1) is 15.3. The highest BCUT2D eigenvalue weighted by molar-refractivity contribution is 5.80. The van der Waals surface area contributed by atoms with Crippen LogP contribution in [0.3, 0.4) is 0 Å². The third-order valence-electron chi connectivity index (χ3n) is 2.78. The van der Waals surface area contributed by atoms with Crippen LogP contribution in [0, 0.1) is 0 Å². The summed E-state index contributed by atoms with van der Waals surface area (Å²) in [5, 5.41) is 30.5. The van der Waals surface area contributed by atoms with Crippen LogP contribution in [0.1, 0.15) is 6.42 Å². The molecule has 6 N–H and O–H groups in total. The van der Waals surface area contributed by atoms with Crippen molar-refractivity contribution in [2.45, 2.75) is 37.1 Å². The Balaban J connectivity index is 2.58. The van der Waals surface area contributed by atoms with E-state index in [4.69, 9.17) is 20.3 Å². The zero-order chi connectivity index (χ0) is 13.7. The maximum absolute atomic E-state index is 11.4. The summed E-state index contributed by atoms with van der Waals surface area (Å²) >= 11 is 0. The van der Waals surface area contributed by atoms with E-state index in [1.807, 2.05) is 0 Å². The highest BCUT2D eigenvalue weighted by Gasteiger charge is 2.38. The average molecular weight is 264 g/mol. The summed E-state index contributed by atoms with van der Waals surface area (Å²) in [6, 6.07) is 0. The molecule has 5 unspecified atom stereocenters. The Hall–Kier alpha value is -0.770. The lowest BCUT2D eigenvalue weighted by Gasteiger charge is -2.37. The van der Waals surface area contributed by atoms with E-state index >= 15 is 0 Å². The highest BCUT2D eigenvalue weighted by Crippen LogP contribution is 2.21. The number of aliphatic hydroxyl groups is 3. The predicted molar refractivity (Wildman–Crippen MR) is 60.4 cm³/mol. The fourth-order valence-electron chi connectivity index (χ4n) is 1.72. The maximum Gasteiger partial charge on any atom is 0.250 e. The molecular formula is C10H20N2O6. The van der Waals surface area contributed by atoms with Crippen LogP contribution < -0.4 is 11.1 Å². The molecule has 0 aromatic carbocycles. The Bertz CT molecular complexity index is 277. The SMILES string of the molecule is CNC(=O)C(CN)OC1CC(O)C(O)C(CO)O1. The number of carbonyl (C=O) groups excluding carboxylic acids is 1. The standard InChI is InChI=1S/C10H20N2O6/c1-12-10(16)6(3-11)17-8-2-5(14)9(15)7(4-13)18-8/h5-9,13-15H,2-4,11H2,1H3,(H,12,16). The maximum atomic E-state index is 11.4. The van der Waals surface area contributed by atoms with Crippen LogP contribution in [-0.4, -0.2) is 72.1 Å². The van der Waals surface area contributed by atoms with E-state index < -0.39 is 43.2 Å². The number of ether oxygens (including phenoxy) is 2. The van der Waals surface area contributed by atoms with Crippen LogP contribution in [0.5, 0.6) is 0 Å². The first-order valence-corrected chi connectivity index (χ1v) is 5.73. The van der Waals surface area contributed by atoms with Gasteiger partial charge >= 0.3 is 0 Å². The molecule has 0 aromatic heterocycles. The van der Waals surface area contributed by atoms with Gasteiger partial charge in [0.05, 0.1) is 12.7 Å². The Kier molecular flexibility index (Phi) is 5.93. The molecule has 5 atom stereocenters. The number of carbonyl (C=O) groups is 1. The van der Waals surface area contributed by atoms with Gasteiger partial charge in [-0.15, -0.1) is 0 Å². The second kappa shape index (κ2) is 6.98. The van der Waals surface area contributed by atoms with E-state index in [-0.39, 0.29) is 13.0 Å². The summed E-state index contributed by atoms with van der Waals surface area (Å²) in [4.78, 5) is 11.4. The van der Waals surface area contributed by atoms with Gasteiger partial charge in [0.1, 0.15) is 12.2 Å². The molecule has 0 aliphatic carbocycles. The molecule has 18 heavy (non-hydrogen) atoms. The van der Waals surface area contributed by atoms with Gasteiger partial charge in [-0.2, -0.15) is 0 Å². The zero-order valence-electron chi connectivity index (χ0n) is 10.2. The first-order valence-electron chi connectivity index (χ1n) is 5.73. The Morgan fingerprint density at radius 2 is 2.28 bits per heavy atom. The highest BCUT2D eigenvalue weighted by atomic mass is 16.7. The Morgan fingerprint density at radius 3 is 2.78 bits per heavy atom. The largest absolute Gasteiger partial charge is 0.394 e. The minimum Gasteiger partial charge on any atom is -0.394 e. The number of nitrogens with two attached hydrogens (primary N) is 1. The summed E-state index contributed by atoms with van der Waals surface area (Å²) in [5.74, 6) is -0.401. The van der Waals surface area contributed by atoms with Gasteiger partial charge in [0.2, 0.25) is 5.91 Å². The fraction of sp³-hybridized carbons (Fsp3) is 0.900. The van der Waals surface area contributed by atoms with E-state index in [0.29, 0.717) is 0 Å². The number of likely N-dealkylation sites (N-methyl/N-ethyl adjacent to an activating group) is 1. The van der Waals surface area contributed by atoms with Crippen LogP contribution in [0.25, 0.3) is 0 Å². The molecule has 0 saturated carbocycles. The summed E-state index contributed by atoms with van der Waals surface area (Å²) in [6.07, 6.45) is -4.99. The van der Waals surface area contributed by atoms with Gasteiger partial charge in [0.15, 0.2) is 12.4 Å². The van der Waals surface area contributed by atoms with Gasteiger partial charge in [-0.3, -0.25) is 4.79 Å². The monoisotopic (exact) mass is 264 g/mol. The van der Waals surface area contributed by atoms with Crippen LogP contribution in [0.15, 0.2) is 0 Å². The molecule has 1 fully saturated rings. The van der Waals surface area contributed by atoms with Crippen molar-refractivity contribution in [3.05, 3.63) is 0 Å². The number of amides is 1. The van der Waals surface area contributed by atoms with Gasteiger partial charge in [0, 0.05) is 20.0 Å². The normalized spacial score (nSPS) is 34.1. The molecular weight excluding hydrogens is 244 g/mol. The lowest BCUT2D eigenvalue weighted by molar-refractivity contribution is -0.265. The topological polar surface area (TPSA) is 134 Å². The van der Waals surface area contributed by atoms with Crippen molar-refractivity contribution in [3.63, 3.8) is 0 Å². The molecule has 1 aliphatic heterocycles. The van der Waals surface area contributed by atoms with Crippen LogP contribution in [-0.2, 0) is 14.3 Å². The predicted octanol–water partition coefficient (Wildman–Crippen LogP) is -3.09. The van der Waals surface area contributed by atoms with Gasteiger partial charge in [-0.1, -0.05) is 0 Å². The lowest BCUT2D eigenvalue weighted by Crippen LogP contribution is -2.52. The molecule has 0 radical (unpaired) electrons. The number of hydrogen-bond donors (Lipinski definition) is 5. The number of hydrogen-bond acceptors (Lipinski definition) is 7. The van der Waals surface area contributed by atoms with E-state index in [1.54, 1.807) is 0 Å². The minimum atomic E-state index is -1.17. The van der Waals surface area contributed by atoms with E-state index in [2.05, 4.69) is 5.32 Å². The van der Waals surface area contributed by atoms with Gasteiger partial charge in [0.25, 0.3) is 0 Å². The number of aliphatic hydroxyl groups excluding tert-OH is 3. The van der Waals surface area contributed by atoms with Gasteiger partial charge in [-0.25, -0.2) is 0 Å². The van der Waals surface area contributed by atoms with Gasteiger partial charge in [-0.05, 0) is 0 Å². The van der Waals surface area contributed by atoms with Crippen molar-refractivity contribution in [3.8, 4) is 0 Å². The molecule has 0 spiro atoms. The molecule has 106 valence electrons. The van der Waals surface area contributed by atoms with Crippen molar-refractivity contribution >= 4 is 5.91 Å². The summed E-state index contributed by atoms with van der Waals surface area (Å²) in [7, 11) is 1.45. The van der Waals surface area contributed by atoms with E-state index in [0.717, 1.165) is 0 Å². The van der Waals surface area contributed by atoms with E-state index in [1.165, 1.54) is 7.05 Å². The second-order valence-electron chi connectivity index (χ2n) is 4.05. The van der Waals surface area contributed by atoms with Crippen molar-refractivity contribution < 1.29 is 29.6 Å². The molecule has 8 nitrogen and oxygen atoms in total.